The molecule has 0 aromatic heterocycles. The standard InChI is InChI=1S/C13H25N3O2/c1-15(11-4-6-14-7-5-11)10-13(18)16-8-2-3-12(17)9-16/h11-12,14,17H,2-10H2,1H3/t12-/m0/s1. The minimum Gasteiger partial charge on any atom is -0.391 e. The first-order valence-electron chi connectivity index (χ1n) is 7.03. The summed E-state index contributed by atoms with van der Waals surface area (Å²) in [4.78, 5) is 16.1. The van der Waals surface area contributed by atoms with E-state index in [1.807, 2.05) is 11.9 Å². The molecule has 104 valence electrons. The number of carbonyl (C=O) groups is 1. The number of amides is 1. The van der Waals surface area contributed by atoms with E-state index in [9.17, 15) is 9.90 Å². The molecule has 0 saturated carbocycles. The smallest absolute Gasteiger partial charge is 0.236 e. The molecule has 2 heterocycles. The second-order valence-corrected chi connectivity index (χ2v) is 5.53. The number of carbonyl (C=O) groups excluding carboxylic acids is 1. The Morgan fingerprint density at radius 1 is 1.39 bits per heavy atom. The minimum atomic E-state index is -0.327. The zero-order chi connectivity index (χ0) is 13.0. The molecule has 2 aliphatic heterocycles. The summed E-state index contributed by atoms with van der Waals surface area (Å²) >= 11 is 0. The van der Waals surface area contributed by atoms with Gasteiger partial charge in [-0.3, -0.25) is 9.69 Å². The molecular formula is C13H25N3O2. The van der Waals surface area contributed by atoms with Crippen molar-refractivity contribution in [1.82, 2.24) is 15.1 Å². The van der Waals surface area contributed by atoms with Crippen molar-refractivity contribution >= 4 is 5.91 Å². The third-order valence-corrected chi connectivity index (χ3v) is 4.07. The molecule has 0 spiro atoms. The second kappa shape index (κ2) is 6.50. The van der Waals surface area contributed by atoms with Crippen molar-refractivity contribution in [3.05, 3.63) is 0 Å². The van der Waals surface area contributed by atoms with Crippen molar-refractivity contribution < 1.29 is 9.90 Å². The maximum Gasteiger partial charge on any atom is 0.236 e. The van der Waals surface area contributed by atoms with Crippen LogP contribution in [0.4, 0.5) is 0 Å². The number of rotatable bonds is 3. The van der Waals surface area contributed by atoms with Gasteiger partial charge in [0, 0.05) is 19.1 Å². The van der Waals surface area contributed by atoms with E-state index >= 15 is 0 Å². The SMILES string of the molecule is CN(CC(=O)N1CCC[C@H](O)C1)C1CCNCC1. The van der Waals surface area contributed by atoms with Crippen LogP contribution in [0, 0.1) is 0 Å². The molecule has 2 saturated heterocycles. The van der Waals surface area contributed by atoms with E-state index in [1.165, 1.54) is 0 Å². The molecule has 1 amide bonds. The van der Waals surface area contributed by atoms with Gasteiger partial charge in [-0.1, -0.05) is 0 Å². The van der Waals surface area contributed by atoms with E-state index in [0.29, 0.717) is 19.1 Å². The summed E-state index contributed by atoms with van der Waals surface area (Å²) in [5.41, 5.74) is 0. The van der Waals surface area contributed by atoms with Gasteiger partial charge in [0.25, 0.3) is 0 Å². The van der Waals surface area contributed by atoms with Crippen LogP contribution in [0.15, 0.2) is 0 Å². The zero-order valence-electron chi connectivity index (χ0n) is 11.3. The van der Waals surface area contributed by atoms with Crippen LogP contribution in [-0.2, 0) is 4.79 Å². The van der Waals surface area contributed by atoms with Gasteiger partial charge in [-0.15, -0.1) is 0 Å². The largest absolute Gasteiger partial charge is 0.391 e. The molecule has 1 atom stereocenters. The van der Waals surface area contributed by atoms with E-state index in [1.54, 1.807) is 0 Å². The van der Waals surface area contributed by atoms with Crippen LogP contribution < -0.4 is 5.32 Å². The Bertz CT molecular complexity index is 279. The first-order valence-corrected chi connectivity index (χ1v) is 7.03. The molecule has 2 aliphatic rings. The molecule has 5 nitrogen and oxygen atoms in total. The van der Waals surface area contributed by atoms with Crippen molar-refractivity contribution in [2.75, 3.05) is 39.8 Å². The lowest BCUT2D eigenvalue weighted by Gasteiger charge is -2.35. The summed E-state index contributed by atoms with van der Waals surface area (Å²) in [6, 6.07) is 0.518. The van der Waals surface area contributed by atoms with Crippen LogP contribution in [-0.4, -0.2) is 72.7 Å². The van der Waals surface area contributed by atoms with Crippen molar-refractivity contribution in [3.8, 4) is 0 Å². The third-order valence-electron chi connectivity index (χ3n) is 4.07. The topological polar surface area (TPSA) is 55.8 Å². The lowest BCUT2D eigenvalue weighted by atomic mass is 10.1. The van der Waals surface area contributed by atoms with Gasteiger partial charge in [-0.05, 0) is 45.8 Å². The predicted octanol–water partition coefficient (Wildman–Crippen LogP) is -0.346. The monoisotopic (exact) mass is 255 g/mol. The number of nitrogens with zero attached hydrogens (tertiary/aromatic N) is 2. The summed E-state index contributed by atoms with van der Waals surface area (Å²) in [5, 5.41) is 12.9. The number of aliphatic hydroxyl groups is 1. The maximum atomic E-state index is 12.2. The Balaban J connectivity index is 1.78. The van der Waals surface area contributed by atoms with Crippen molar-refractivity contribution in [1.29, 1.82) is 0 Å². The van der Waals surface area contributed by atoms with Gasteiger partial charge in [0.2, 0.25) is 5.91 Å². The Kier molecular flexibility index (Phi) is 4.97. The van der Waals surface area contributed by atoms with E-state index in [0.717, 1.165) is 45.3 Å². The highest BCUT2D eigenvalue weighted by Gasteiger charge is 2.25. The third kappa shape index (κ3) is 3.67. The quantitative estimate of drug-likeness (QED) is 0.724. The molecule has 0 bridgehead atoms. The molecule has 5 heteroatoms. The highest BCUT2D eigenvalue weighted by molar-refractivity contribution is 5.78. The van der Waals surface area contributed by atoms with Crippen LogP contribution in [0.2, 0.25) is 0 Å². The average Bonchev–Trinajstić information content (AvgIpc) is 2.39. The fraction of sp³-hybridized carbons (Fsp3) is 0.923. The Hall–Kier alpha value is -0.650. The zero-order valence-corrected chi connectivity index (χ0v) is 11.3. The number of likely N-dealkylation sites (tertiary alicyclic amines) is 1. The van der Waals surface area contributed by atoms with Gasteiger partial charge in [0.15, 0.2) is 0 Å². The fourth-order valence-electron chi connectivity index (χ4n) is 2.87. The summed E-state index contributed by atoms with van der Waals surface area (Å²) in [6.45, 7) is 3.89. The molecule has 0 aliphatic carbocycles. The molecule has 18 heavy (non-hydrogen) atoms. The molecule has 0 radical (unpaired) electrons. The van der Waals surface area contributed by atoms with Gasteiger partial charge in [-0.2, -0.15) is 0 Å². The fourth-order valence-corrected chi connectivity index (χ4v) is 2.87. The highest BCUT2D eigenvalue weighted by Crippen LogP contribution is 2.13. The number of hydrogen-bond donors (Lipinski definition) is 2. The molecule has 2 N–H and O–H groups in total. The van der Waals surface area contributed by atoms with Crippen molar-refractivity contribution in [3.63, 3.8) is 0 Å². The lowest BCUT2D eigenvalue weighted by molar-refractivity contribution is -0.135. The minimum absolute atomic E-state index is 0.162. The average molecular weight is 255 g/mol. The number of piperidine rings is 2. The lowest BCUT2D eigenvalue weighted by Crippen LogP contribution is -2.49. The van der Waals surface area contributed by atoms with E-state index in [4.69, 9.17) is 0 Å². The predicted molar refractivity (Wildman–Crippen MR) is 70.3 cm³/mol. The molecule has 0 aromatic rings. The number of aliphatic hydroxyl groups excluding tert-OH is 1. The van der Waals surface area contributed by atoms with Crippen LogP contribution in [0.5, 0.6) is 0 Å². The van der Waals surface area contributed by atoms with Crippen LogP contribution in [0.1, 0.15) is 25.7 Å². The van der Waals surface area contributed by atoms with Gasteiger partial charge in [0.1, 0.15) is 0 Å². The number of hydrogen-bond acceptors (Lipinski definition) is 4. The highest BCUT2D eigenvalue weighted by atomic mass is 16.3. The molecule has 0 unspecified atom stereocenters. The summed E-state index contributed by atoms with van der Waals surface area (Å²) in [6.07, 6.45) is 3.66. The van der Waals surface area contributed by atoms with E-state index in [-0.39, 0.29) is 12.0 Å². The summed E-state index contributed by atoms with van der Waals surface area (Å²) in [7, 11) is 2.04. The van der Waals surface area contributed by atoms with E-state index < -0.39 is 0 Å². The van der Waals surface area contributed by atoms with Gasteiger partial charge in [-0.25, -0.2) is 0 Å². The van der Waals surface area contributed by atoms with Crippen LogP contribution in [0.25, 0.3) is 0 Å². The van der Waals surface area contributed by atoms with Gasteiger partial charge < -0.3 is 15.3 Å². The number of β-amino-alcohol motifs (C(OH)–C–C–N with tert-alkyl or cyclic N) is 1. The normalized spacial score (nSPS) is 26.6. The molecule has 2 fully saturated rings. The van der Waals surface area contributed by atoms with Crippen LogP contribution >= 0.6 is 0 Å². The first-order chi connectivity index (χ1) is 8.66. The Morgan fingerprint density at radius 2 is 2.11 bits per heavy atom. The molecule has 0 aromatic carbocycles. The van der Waals surface area contributed by atoms with E-state index in [2.05, 4.69) is 10.2 Å². The van der Waals surface area contributed by atoms with Gasteiger partial charge in [0.05, 0.1) is 12.6 Å². The van der Waals surface area contributed by atoms with Gasteiger partial charge >= 0.3 is 0 Å². The second-order valence-electron chi connectivity index (χ2n) is 5.53. The van der Waals surface area contributed by atoms with Crippen molar-refractivity contribution in [2.24, 2.45) is 0 Å². The molecular weight excluding hydrogens is 230 g/mol. The van der Waals surface area contributed by atoms with Crippen molar-refractivity contribution in [2.45, 2.75) is 37.8 Å². The van der Waals surface area contributed by atoms with Crippen LogP contribution in [0.3, 0.4) is 0 Å². The Morgan fingerprint density at radius 3 is 2.78 bits per heavy atom. The Labute approximate surface area is 109 Å². The molecule has 2 rings (SSSR count). The number of nitrogens with one attached hydrogen (secondary N) is 1. The first kappa shape index (κ1) is 13.8. The maximum absolute atomic E-state index is 12.2. The summed E-state index contributed by atoms with van der Waals surface area (Å²) < 4.78 is 0. The number of likely N-dealkylation sites (N-methyl/N-ethyl adjacent to an activating group) is 1. The summed E-state index contributed by atoms with van der Waals surface area (Å²) in [5.74, 6) is 0.162.